The summed E-state index contributed by atoms with van der Waals surface area (Å²) in [6.45, 7) is 1.27. The summed E-state index contributed by atoms with van der Waals surface area (Å²) in [4.78, 5) is 4.21. The summed E-state index contributed by atoms with van der Waals surface area (Å²) in [5.74, 6) is 0.905. The maximum absolute atomic E-state index is 13.1. The molecule has 106 valence electrons. The second-order valence-corrected chi connectivity index (χ2v) is 5.47. The van der Waals surface area contributed by atoms with E-state index in [4.69, 9.17) is 5.73 Å². The van der Waals surface area contributed by atoms with Gasteiger partial charge < -0.3 is 11.1 Å². The van der Waals surface area contributed by atoms with Gasteiger partial charge in [0.05, 0.1) is 6.54 Å². The van der Waals surface area contributed by atoms with Gasteiger partial charge in [0.2, 0.25) is 0 Å². The van der Waals surface area contributed by atoms with Gasteiger partial charge in [0.1, 0.15) is 5.82 Å². The number of guanidine groups is 1. The summed E-state index contributed by atoms with van der Waals surface area (Å²) >= 11 is 3.37. The van der Waals surface area contributed by atoms with Crippen LogP contribution in [0.15, 0.2) is 27.7 Å². The Morgan fingerprint density at radius 3 is 2.84 bits per heavy atom. The molecule has 3 nitrogen and oxygen atoms in total. The Labute approximate surface area is 138 Å². The third kappa shape index (κ3) is 5.25. The molecule has 0 bridgehead atoms. The van der Waals surface area contributed by atoms with Crippen LogP contribution in [0.1, 0.15) is 24.8 Å². The topological polar surface area (TPSA) is 50.4 Å². The van der Waals surface area contributed by atoms with E-state index in [0.717, 1.165) is 22.5 Å². The predicted octanol–water partition coefficient (Wildman–Crippen LogP) is 3.41. The van der Waals surface area contributed by atoms with Gasteiger partial charge in [0.15, 0.2) is 5.96 Å². The van der Waals surface area contributed by atoms with E-state index < -0.39 is 0 Å². The molecule has 3 N–H and O–H groups in total. The van der Waals surface area contributed by atoms with Gasteiger partial charge in [-0.05, 0) is 42.5 Å². The van der Waals surface area contributed by atoms with Crippen LogP contribution in [0, 0.1) is 11.7 Å². The molecule has 0 heterocycles. The summed E-state index contributed by atoms with van der Waals surface area (Å²) in [7, 11) is 0. The lowest BCUT2D eigenvalue weighted by Gasteiger charge is -2.25. The molecule has 19 heavy (non-hydrogen) atoms. The minimum absolute atomic E-state index is 0. The first kappa shape index (κ1) is 16.7. The molecule has 1 saturated carbocycles. The summed E-state index contributed by atoms with van der Waals surface area (Å²) in [5, 5.41) is 3.11. The fourth-order valence-corrected chi connectivity index (χ4v) is 2.21. The first-order valence-corrected chi connectivity index (χ1v) is 6.92. The number of hydrogen-bond donors (Lipinski definition) is 2. The van der Waals surface area contributed by atoms with E-state index in [-0.39, 0.29) is 29.8 Å². The lowest BCUT2D eigenvalue weighted by molar-refractivity contribution is 0.315. The number of halogens is 3. The minimum atomic E-state index is -0.260. The van der Waals surface area contributed by atoms with Crippen LogP contribution >= 0.6 is 39.9 Å². The molecular formula is C13H18BrFIN3. The van der Waals surface area contributed by atoms with Crippen LogP contribution in [0.2, 0.25) is 0 Å². The van der Waals surface area contributed by atoms with Crippen LogP contribution in [0.3, 0.4) is 0 Å². The van der Waals surface area contributed by atoms with E-state index in [9.17, 15) is 4.39 Å². The normalized spacial score (nSPS) is 15.6. The zero-order valence-corrected chi connectivity index (χ0v) is 14.5. The first-order chi connectivity index (χ1) is 8.65. The SMILES string of the molecule is I.NC(=NCc1cc(F)ccc1Br)NCC1CCC1. The Balaban J connectivity index is 0.00000180. The molecule has 0 saturated heterocycles. The molecule has 1 fully saturated rings. The van der Waals surface area contributed by atoms with Crippen LogP contribution in [0.25, 0.3) is 0 Å². The van der Waals surface area contributed by atoms with Gasteiger partial charge in [-0.1, -0.05) is 22.4 Å². The van der Waals surface area contributed by atoms with E-state index in [0.29, 0.717) is 12.5 Å². The van der Waals surface area contributed by atoms with Gasteiger partial charge in [-0.15, -0.1) is 24.0 Å². The third-order valence-electron chi connectivity index (χ3n) is 3.22. The number of nitrogens with zero attached hydrogens (tertiary/aromatic N) is 1. The molecule has 0 unspecified atom stereocenters. The maximum atomic E-state index is 13.1. The number of aliphatic imine (C=N–C) groups is 1. The van der Waals surface area contributed by atoms with Crippen molar-refractivity contribution >= 4 is 45.9 Å². The number of rotatable bonds is 4. The molecule has 0 radical (unpaired) electrons. The van der Waals surface area contributed by atoms with Gasteiger partial charge >= 0.3 is 0 Å². The standard InChI is InChI=1S/C13H17BrFN3.HI/c14-12-5-4-11(15)6-10(12)8-18-13(16)17-7-9-2-1-3-9;/h4-6,9H,1-3,7-8H2,(H3,16,17,18);1H. The molecule has 1 aliphatic rings. The molecular weight excluding hydrogens is 424 g/mol. The van der Waals surface area contributed by atoms with Crippen LogP contribution in [0.4, 0.5) is 4.39 Å². The minimum Gasteiger partial charge on any atom is -0.370 e. The highest BCUT2D eigenvalue weighted by molar-refractivity contribution is 14.0. The predicted molar refractivity (Wildman–Crippen MR) is 90.2 cm³/mol. The Morgan fingerprint density at radius 1 is 1.47 bits per heavy atom. The maximum Gasteiger partial charge on any atom is 0.188 e. The second kappa shape index (κ2) is 8.04. The van der Waals surface area contributed by atoms with Crippen molar-refractivity contribution in [3.8, 4) is 0 Å². The van der Waals surface area contributed by atoms with Crippen molar-refractivity contribution in [1.82, 2.24) is 5.32 Å². The highest BCUT2D eigenvalue weighted by atomic mass is 127. The van der Waals surface area contributed by atoms with Crippen molar-refractivity contribution in [3.05, 3.63) is 34.1 Å². The average Bonchev–Trinajstić information content (AvgIpc) is 2.28. The molecule has 1 aliphatic carbocycles. The van der Waals surface area contributed by atoms with Crippen LogP contribution in [-0.4, -0.2) is 12.5 Å². The third-order valence-corrected chi connectivity index (χ3v) is 4.00. The molecule has 0 spiro atoms. The zero-order chi connectivity index (χ0) is 13.0. The molecule has 1 aromatic rings. The second-order valence-electron chi connectivity index (χ2n) is 4.62. The van der Waals surface area contributed by atoms with Crippen LogP contribution in [0.5, 0.6) is 0 Å². The molecule has 1 aromatic carbocycles. The van der Waals surface area contributed by atoms with Gasteiger partial charge in [-0.25, -0.2) is 9.38 Å². The van der Waals surface area contributed by atoms with Crippen molar-refractivity contribution in [2.75, 3.05) is 6.54 Å². The summed E-state index contributed by atoms with van der Waals surface area (Å²) in [6.07, 6.45) is 3.87. The molecule has 6 heteroatoms. The van der Waals surface area contributed by atoms with Crippen molar-refractivity contribution in [3.63, 3.8) is 0 Å². The Morgan fingerprint density at radius 2 is 2.21 bits per heavy atom. The highest BCUT2D eigenvalue weighted by Crippen LogP contribution is 2.25. The van der Waals surface area contributed by atoms with E-state index in [1.165, 1.54) is 31.4 Å². The van der Waals surface area contributed by atoms with Crippen molar-refractivity contribution in [2.24, 2.45) is 16.6 Å². The fourth-order valence-electron chi connectivity index (χ4n) is 1.84. The number of hydrogen-bond acceptors (Lipinski definition) is 1. The highest BCUT2D eigenvalue weighted by Gasteiger charge is 2.16. The Bertz CT molecular complexity index is 450. The van der Waals surface area contributed by atoms with E-state index >= 15 is 0 Å². The Hall–Kier alpha value is -0.370. The van der Waals surface area contributed by atoms with Crippen molar-refractivity contribution in [2.45, 2.75) is 25.8 Å². The van der Waals surface area contributed by atoms with Gasteiger partial charge in [-0.3, -0.25) is 0 Å². The van der Waals surface area contributed by atoms with Gasteiger partial charge in [0.25, 0.3) is 0 Å². The average molecular weight is 442 g/mol. The monoisotopic (exact) mass is 441 g/mol. The molecule has 0 atom stereocenters. The largest absolute Gasteiger partial charge is 0.370 e. The van der Waals surface area contributed by atoms with E-state index in [1.807, 2.05) is 0 Å². The van der Waals surface area contributed by atoms with Crippen molar-refractivity contribution < 1.29 is 4.39 Å². The first-order valence-electron chi connectivity index (χ1n) is 6.13. The molecule has 2 rings (SSSR count). The summed E-state index contributed by atoms with van der Waals surface area (Å²) in [5.41, 5.74) is 6.56. The number of nitrogens with two attached hydrogens (primary N) is 1. The van der Waals surface area contributed by atoms with Crippen molar-refractivity contribution in [1.29, 1.82) is 0 Å². The van der Waals surface area contributed by atoms with Gasteiger partial charge in [0, 0.05) is 11.0 Å². The van der Waals surface area contributed by atoms with Gasteiger partial charge in [-0.2, -0.15) is 0 Å². The summed E-state index contributed by atoms with van der Waals surface area (Å²) < 4.78 is 13.9. The van der Waals surface area contributed by atoms with E-state index in [1.54, 1.807) is 6.07 Å². The zero-order valence-electron chi connectivity index (χ0n) is 10.5. The quantitative estimate of drug-likeness (QED) is 0.427. The number of benzene rings is 1. The molecule has 0 amide bonds. The lowest BCUT2D eigenvalue weighted by Crippen LogP contribution is -2.37. The fraction of sp³-hybridized carbons (Fsp3) is 0.462. The van der Waals surface area contributed by atoms with E-state index in [2.05, 4.69) is 26.2 Å². The summed E-state index contributed by atoms with van der Waals surface area (Å²) in [6, 6.07) is 4.56. The smallest absolute Gasteiger partial charge is 0.188 e. The molecule has 0 aromatic heterocycles. The Kier molecular flexibility index (Phi) is 7.06. The number of nitrogens with one attached hydrogen (secondary N) is 1. The lowest BCUT2D eigenvalue weighted by atomic mass is 9.85. The van der Waals surface area contributed by atoms with Crippen LogP contribution in [-0.2, 0) is 6.54 Å². The van der Waals surface area contributed by atoms with Crippen LogP contribution < -0.4 is 11.1 Å². The molecule has 0 aliphatic heterocycles.